The molecule has 20 heavy (non-hydrogen) atoms. The van der Waals surface area contributed by atoms with Gasteiger partial charge in [0.15, 0.2) is 5.96 Å². The van der Waals surface area contributed by atoms with Crippen molar-refractivity contribution in [2.24, 2.45) is 4.99 Å². The predicted octanol–water partition coefficient (Wildman–Crippen LogP) is 3.69. The molecule has 3 heterocycles. The number of rotatable bonds is 6. The van der Waals surface area contributed by atoms with Gasteiger partial charge in [-0.05, 0) is 38.5 Å². The zero-order valence-corrected chi connectivity index (χ0v) is 13.3. The summed E-state index contributed by atoms with van der Waals surface area (Å²) in [5.74, 6) is 1.26. The summed E-state index contributed by atoms with van der Waals surface area (Å²) in [5, 5.41) is 3.77. The Morgan fingerprint density at radius 3 is 2.50 bits per heavy atom. The summed E-state index contributed by atoms with van der Waals surface area (Å²) in [6.07, 6.45) is 13.3. The van der Waals surface area contributed by atoms with Crippen molar-refractivity contribution in [2.45, 2.75) is 102 Å². The first-order valence-electron chi connectivity index (χ1n) is 8.94. The van der Waals surface area contributed by atoms with Gasteiger partial charge in [-0.15, -0.1) is 0 Å². The highest BCUT2D eigenvalue weighted by Gasteiger charge is 2.43. The maximum absolute atomic E-state index is 5.07. The maximum Gasteiger partial charge on any atom is 0.194 e. The molecule has 0 aromatic heterocycles. The molecule has 3 aliphatic heterocycles. The number of aliphatic imine (C=N–C) groups is 1. The van der Waals surface area contributed by atoms with Crippen LogP contribution in [0.15, 0.2) is 4.99 Å². The lowest BCUT2D eigenvalue weighted by atomic mass is 9.97. The quantitative estimate of drug-likeness (QED) is 0.802. The minimum absolute atomic E-state index is 0.586. The van der Waals surface area contributed by atoms with Crippen molar-refractivity contribution in [3.63, 3.8) is 0 Å². The third-order valence-corrected chi connectivity index (χ3v) is 5.40. The lowest BCUT2D eigenvalue weighted by molar-refractivity contribution is 0.201. The highest BCUT2D eigenvalue weighted by Crippen LogP contribution is 2.37. The highest BCUT2D eigenvalue weighted by molar-refractivity contribution is 5.83. The van der Waals surface area contributed by atoms with Crippen molar-refractivity contribution >= 4 is 5.96 Å². The molecule has 114 valence electrons. The molecule has 0 aromatic rings. The van der Waals surface area contributed by atoms with E-state index in [0.717, 1.165) is 12.1 Å². The maximum atomic E-state index is 5.07. The van der Waals surface area contributed by atoms with Gasteiger partial charge >= 0.3 is 0 Å². The number of hydrogen-bond acceptors (Lipinski definition) is 3. The first-order chi connectivity index (χ1) is 9.81. The molecule has 3 nitrogen and oxygen atoms in total. The molecule has 0 amide bonds. The second kappa shape index (κ2) is 6.36. The van der Waals surface area contributed by atoms with Crippen LogP contribution in [0, 0.1) is 0 Å². The van der Waals surface area contributed by atoms with Crippen molar-refractivity contribution in [3.8, 4) is 0 Å². The molecule has 4 atom stereocenters. The van der Waals surface area contributed by atoms with Crippen LogP contribution in [0.4, 0.5) is 0 Å². The number of nitrogens with one attached hydrogen (secondary N) is 1. The van der Waals surface area contributed by atoms with E-state index in [2.05, 4.69) is 24.1 Å². The van der Waals surface area contributed by atoms with Crippen LogP contribution in [0.3, 0.4) is 0 Å². The zero-order valence-electron chi connectivity index (χ0n) is 13.3. The Bertz CT molecular complexity index is 352. The number of guanidine groups is 1. The fourth-order valence-electron chi connectivity index (χ4n) is 4.32. The van der Waals surface area contributed by atoms with E-state index in [1.165, 1.54) is 70.2 Å². The minimum Gasteiger partial charge on any atom is -0.353 e. The Hall–Kier alpha value is -0.730. The smallest absolute Gasteiger partial charge is 0.194 e. The summed E-state index contributed by atoms with van der Waals surface area (Å²) in [5.41, 5.74) is 0. The second-order valence-electron chi connectivity index (χ2n) is 7.00. The lowest BCUT2D eigenvalue weighted by Crippen LogP contribution is -2.59. The van der Waals surface area contributed by atoms with Crippen LogP contribution in [0.25, 0.3) is 0 Å². The molecule has 0 aromatic carbocycles. The normalized spacial score (nSPS) is 35.5. The highest BCUT2D eigenvalue weighted by atomic mass is 15.4. The molecule has 0 aliphatic carbocycles. The van der Waals surface area contributed by atoms with Crippen LogP contribution >= 0.6 is 0 Å². The average Bonchev–Trinajstić information content (AvgIpc) is 2.87. The van der Waals surface area contributed by atoms with Crippen LogP contribution in [-0.2, 0) is 0 Å². The number of hydrogen-bond donors (Lipinski definition) is 1. The Morgan fingerprint density at radius 2 is 1.75 bits per heavy atom. The molecule has 0 saturated carbocycles. The van der Waals surface area contributed by atoms with Crippen LogP contribution in [0.1, 0.15) is 78.1 Å². The van der Waals surface area contributed by atoms with Crippen LogP contribution in [0.2, 0.25) is 0 Å². The van der Waals surface area contributed by atoms with Gasteiger partial charge in [-0.25, -0.2) is 4.99 Å². The van der Waals surface area contributed by atoms with Gasteiger partial charge in [-0.2, -0.15) is 0 Å². The van der Waals surface area contributed by atoms with Gasteiger partial charge in [0.25, 0.3) is 0 Å². The SMILES string of the molecule is CCCC[C@@H]1C[C@@H]2CC[C@@H]3C[C@H](CCCC)NC(=N1)N32. The summed E-state index contributed by atoms with van der Waals surface area (Å²) < 4.78 is 0. The third kappa shape index (κ3) is 2.82. The van der Waals surface area contributed by atoms with E-state index >= 15 is 0 Å². The first-order valence-corrected chi connectivity index (χ1v) is 8.94. The van der Waals surface area contributed by atoms with Gasteiger partial charge in [0.2, 0.25) is 0 Å². The zero-order chi connectivity index (χ0) is 13.9. The fourth-order valence-corrected chi connectivity index (χ4v) is 4.32. The van der Waals surface area contributed by atoms with Crippen LogP contribution in [0.5, 0.6) is 0 Å². The van der Waals surface area contributed by atoms with Crippen molar-refractivity contribution in [1.82, 2.24) is 10.2 Å². The van der Waals surface area contributed by atoms with E-state index in [-0.39, 0.29) is 0 Å². The summed E-state index contributed by atoms with van der Waals surface area (Å²) in [6, 6.07) is 2.84. The number of nitrogens with zero attached hydrogens (tertiary/aromatic N) is 2. The molecule has 3 heteroatoms. The molecule has 1 N–H and O–H groups in total. The Morgan fingerprint density at radius 1 is 1.05 bits per heavy atom. The summed E-state index contributed by atoms with van der Waals surface area (Å²) >= 11 is 0. The Balaban J connectivity index is 1.69. The van der Waals surface area contributed by atoms with Gasteiger partial charge in [-0.1, -0.05) is 39.5 Å². The van der Waals surface area contributed by atoms with Gasteiger partial charge in [0.1, 0.15) is 0 Å². The summed E-state index contributed by atoms with van der Waals surface area (Å²) in [7, 11) is 0. The molecule has 2 fully saturated rings. The van der Waals surface area contributed by atoms with Crippen molar-refractivity contribution in [2.75, 3.05) is 0 Å². The average molecular weight is 277 g/mol. The minimum atomic E-state index is 0.586. The Labute approximate surface area is 124 Å². The molecule has 3 rings (SSSR count). The van der Waals surface area contributed by atoms with Crippen molar-refractivity contribution in [3.05, 3.63) is 0 Å². The Kier molecular flexibility index (Phi) is 4.52. The topological polar surface area (TPSA) is 27.6 Å². The van der Waals surface area contributed by atoms with Gasteiger partial charge in [0, 0.05) is 18.1 Å². The molecule has 0 spiro atoms. The first kappa shape index (κ1) is 14.2. The lowest BCUT2D eigenvalue weighted by Gasteiger charge is -2.45. The van der Waals surface area contributed by atoms with Crippen LogP contribution in [-0.4, -0.2) is 35.0 Å². The van der Waals surface area contributed by atoms with E-state index in [4.69, 9.17) is 4.99 Å². The van der Waals surface area contributed by atoms with Crippen LogP contribution < -0.4 is 5.32 Å². The molecule has 0 bridgehead atoms. The summed E-state index contributed by atoms with van der Waals surface area (Å²) in [4.78, 5) is 7.72. The largest absolute Gasteiger partial charge is 0.353 e. The van der Waals surface area contributed by atoms with E-state index < -0.39 is 0 Å². The predicted molar refractivity (Wildman–Crippen MR) is 85.1 cm³/mol. The van der Waals surface area contributed by atoms with E-state index in [1.54, 1.807) is 0 Å². The van der Waals surface area contributed by atoms with Gasteiger partial charge in [-0.3, -0.25) is 0 Å². The molecular formula is C17H31N3. The molecule has 0 unspecified atom stereocenters. The summed E-state index contributed by atoms with van der Waals surface area (Å²) in [6.45, 7) is 4.58. The van der Waals surface area contributed by atoms with Crippen molar-refractivity contribution < 1.29 is 0 Å². The molecule has 0 radical (unpaired) electrons. The molecule has 3 aliphatic rings. The number of unbranched alkanes of at least 4 members (excludes halogenated alkanes) is 2. The second-order valence-corrected chi connectivity index (χ2v) is 7.00. The van der Waals surface area contributed by atoms with E-state index in [1.807, 2.05) is 0 Å². The van der Waals surface area contributed by atoms with E-state index in [9.17, 15) is 0 Å². The third-order valence-electron chi connectivity index (χ3n) is 5.40. The standard InChI is InChI=1S/C17H31N3/c1-3-5-7-13-11-15-9-10-16-12-14(8-6-4-2)19-17(18-13)20(15)16/h13-16H,3-12H2,1-2H3,(H,18,19)/t13-,14+,15+,16-. The van der Waals surface area contributed by atoms with E-state index in [0.29, 0.717) is 12.1 Å². The van der Waals surface area contributed by atoms with Gasteiger partial charge < -0.3 is 10.2 Å². The molecular weight excluding hydrogens is 246 g/mol. The monoisotopic (exact) mass is 277 g/mol. The fraction of sp³-hybridized carbons (Fsp3) is 0.941. The van der Waals surface area contributed by atoms with Crippen molar-refractivity contribution in [1.29, 1.82) is 0 Å². The molecule has 2 saturated heterocycles. The van der Waals surface area contributed by atoms with Gasteiger partial charge in [0.05, 0.1) is 6.04 Å².